The number of carbonyl (C=O) groups excluding carboxylic acids is 1. The smallest absolute Gasteiger partial charge is 0.223 e. The second kappa shape index (κ2) is 4.95. The predicted molar refractivity (Wildman–Crippen MR) is 72.6 cm³/mol. The van der Waals surface area contributed by atoms with Crippen molar-refractivity contribution >= 4 is 5.91 Å². The second-order valence-electron chi connectivity index (χ2n) is 5.90. The normalized spacial score (nSPS) is 27.4. The van der Waals surface area contributed by atoms with Gasteiger partial charge >= 0.3 is 0 Å². The van der Waals surface area contributed by atoms with Crippen molar-refractivity contribution in [2.75, 3.05) is 6.54 Å². The molecule has 2 fully saturated rings. The summed E-state index contributed by atoms with van der Waals surface area (Å²) in [6, 6.07) is 10.1. The van der Waals surface area contributed by atoms with Crippen LogP contribution in [0.15, 0.2) is 30.3 Å². The van der Waals surface area contributed by atoms with Crippen LogP contribution in [0.25, 0.3) is 0 Å². The van der Waals surface area contributed by atoms with Crippen LogP contribution < -0.4 is 5.32 Å². The first-order valence-electron chi connectivity index (χ1n) is 7.20. The lowest BCUT2D eigenvalue weighted by molar-refractivity contribution is -0.122. The van der Waals surface area contributed by atoms with Gasteiger partial charge in [0.25, 0.3) is 0 Å². The highest BCUT2D eigenvalue weighted by molar-refractivity contribution is 5.82. The van der Waals surface area contributed by atoms with Gasteiger partial charge in [0.1, 0.15) is 5.67 Å². The Kier molecular flexibility index (Phi) is 3.29. The number of nitrogens with one attached hydrogen (secondary N) is 1. The molecule has 19 heavy (non-hydrogen) atoms. The molecule has 0 aromatic heterocycles. The van der Waals surface area contributed by atoms with Crippen LogP contribution in [0.2, 0.25) is 0 Å². The first-order valence-corrected chi connectivity index (χ1v) is 7.20. The highest BCUT2D eigenvalue weighted by Crippen LogP contribution is 2.47. The van der Waals surface area contributed by atoms with Gasteiger partial charge in [-0.15, -0.1) is 0 Å². The Balaban J connectivity index is 1.43. The van der Waals surface area contributed by atoms with E-state index in [2.05, 4.69) is 17.4 Å². The van der Waals surface area contributed by atoms with Gasteiger partial charge in [-0.2, -0.15) is 0 Å². The van der Waals surface area contributed by atoms with Crippen LogP contribution in [0.3, 0.4) is 0 Å². The Morgan fingerprint density at radius 2 is 2.05 bits per heavy atom. The molecule has 0 saturated heterocycles. The van der Waals surface area contributed by atoms with Gasteiger partial charge in [0.2, 0.25) is 5.91 Å². The molecule has 2 aliphatic rings. The molecule has 0 aliphatic heterocycles. The molecule has 2 aliphatic carbocycles. The van der Waals surface area contributed by atoms with Crippen molar-refractivity contribution in [1.82, 2.24) is 5.32 Å². The largest absolute Gasteiger partial charge is 0.356 e. The van der Waals surface area contributed by atoms with Crippen molar-refractivity contribution in [2.24, 2.45) is 5.92 Å². The minimum atomic E-state index is -0.990. The molecule has 3 heteroatoms. The molecule has 3 rings (SSSR count). The lowest BCUT2D eigenvalue weighted by Crippen LogP contribution is -2.37. The third kappa shape index (κ3) is 2.80. The third-order valence-electron chi connectivity index (χ3n) is 4.48. The Labute approximate surface area is 113 Å². The van der Waals surface area contributed by atoms with E-state index in [1.54, 1.807) is 0 Å². The zero-order valence-electron chi connectivity index (χ0n) is 11.1. The molecular weight excluding hydrogens is 241 g/mol. The lowest BCUT2D eigenvalue weighted by Gasteiger charge is -2.33. The predicted octanol–water partition coefficient (Wildman–Crippen LogP) is 3.19. The third-order valence-corrected chi connectivity index (χ3v) is 4.48. The first kappa shape index (κ1) is 12.6. The molecule has 2 nitrogen and oxygen atoms in total. The van der Waals surface area contributed by atoms with Gasteiger partial charge in [-0.3, -0.25) is 4.79 Å². The topological polar surface area (TPSA) is 29.1 Å². The van der Waals surface area contributed by atoms with Crippen molar-refractivity contribution in [1.29, 1.82) is 0 Å². The average molecular weight is 261 g/mol. The van der Waals surface area contributed by atoms with E-state index in [9.17, 15) is 9.18 Å². The quantitative estimate of drug-likeness (QED) is 0.866. The van der Waals surface area contributed by atoms with Gasteiger partial charge in [-0.1, -0.05) is 30.3 Å². The standard InChI is InChI=1S/C16H20FNO/c17-16(7-4-8-16)9-10-18-15(19)14-11-13(14)12-5-2-1-3-6-12/h1-3,5-6,13-14H,4,7-11H2,(H,18,19)/t13-,14+/m1/s1. The Morgan fingerprint density at radius 3 is 2.68 bits per heavy atom. The van der Waals surface area contributed by atoms with E-state index in [-0.39, 0.29) is 11.8 Å². The van der Waals surface area contributed by atoms with Gasteiger partial charge in [0.05, 0.1) is 0 Å². The summed E-state index contributed by atoms with van der Waals surface area (Å²) in [4.78, 5) is 11.9. The molecule has 2 saturated carbocycles. The van der Waals surface area contributed by atoms with Crippen LogP contribution in [0.4, 0.5) is 4.39 Å². The Morgan fingerprint density at radius 1 is 1.32 bits per heavy atom. The summed E-state index contributed by atoms with van der Waals surface area (Å²) in [5.74, 6) is 0.556. The van der Waals surface area contributed by atoms with E-state index in [1.165, 1.54) is 5.56 Å². The number of hydrogen-bond donors (Lipinski definition) is 1. The van der Waals surface area contributed by atoms with Crippen molar-refractivity contribution in [3.8, 4) is 0 Å². The van der Waals surface area contributed by atoms with Crippen LogP contribution in [-0.4, -0.2) is 18.1 Å². The fourth-order valence-corrected chi connectivity index (χ4v) is 2.90. The van der Waals surface area contributed by atoms with E-state index >= 15 is 0 Å². The number of halogens is 1. The zero-order chi connectivity index (χ0) is 13.3. The number of carbonyl (C=O) groups is 1. The van der Waals surface area contributed by atoms with Crippen molar-refractivity contribution < 1.29 is 9.18 Å². The average Bonchev–Trinajstić information content (AvgIpc) is 3.18. The summed E-state index contributed by atoms with van der Waals surface area (Å²) in [5, 5.41) is 2.89. The molecule has 0 radical (unpaired) electrons. The molecule has 0 heterocycles. The summed E-state index contributed by atoms with van der Waals surface area (Å²) in [6.07, 6.45) is 3.72. The number of benzene rings is 1. The van der Waals surface area contributed by atoms with Gasteiger partial charge in [-0.05, 0) is 43.6 Å². The lowest BCUT2D eigenvalue weighted by atomic mass is 9.79. The van der Waals surface area contributed by atoms with Crippen LogP contribution in [-0.2, 0) is 4.79 Å². The maximum atomic E-state index is 13.8. The number of hydrogen-bond acceptors (Lipinski definition) is 1. The minimum Gasteiger partial charge on any atom is -0.356 e. The summed E-state index contributed by atoms with van der Waals surface area (Å²) >= 11 is 0. The molecular formula is C16H20FNO. The summed E-state index contributed by atoms with van der Waals surface area (Å²) < 4.78 is 13.8. The number of alkyl halides is 1. The number of rotatable bonds is 5. The van der Waals surface area contributed by atoms with Crippen LogP contribution in [0, 0.1) is 5.92 Å². The summed E-state index contributed by atoms with van der Waals surface area (Å²) in [6.45, 7) is 0.480. The van der Waals surface area contributed by atoms with Gasteiger partial charge < -0.3 is 5.32 Å². The summed E-state index contributed by atoms with van der Waals surface area (Å²) in [5.41, 5.74) is 0.249. The minimum absolute atomic E-state index is 0.0942. The van der Waals surface area contributed by atoms with Crippen LogP contribution in [0.1, 0.15) is 43.6 Å². The van der Waals surface area contributed by atoms with E-state index in [0.29, 0.717) is 31.7 Å². The Bertz CT molecular complexity index is 455. The maximum Gasteiger partial charge on any atom is 0.223 e. The zero-order valence-corrected chi connectivity index (χ0v) is 11.1. The van der Waals surface area contributed by atoms with E-state index in [0.717, 1.165) is 12.8 Å². The highest BCUT2D eigenvalue weighted by atomic mass is 19.1. The van der Waals surface area contributed by atoms with Crippen molar-refractivity contribution in [3.05, 3.63) is 35.9 Å². The molecule has 1 N–H and O–H groups in total. The van der Waals surface area contributed by atoms with Gasteiger partial charge in [-0.25, -0.2) is 4.39 Å². The molecule has 0 bridgehead atoms. The van der Waals surface area contributed by atoms with Crippen LogP contribution >= 0.6 is 0 Å². The molecule has 2 atom stereocenters. The fraction of sp³-hybridized carbons (Fsp3) is 0.562. The monoisotopic (exact) mass is 261 g/mol. The number of amides is 1. The summed E-state index contributed by atoms with van der Waals surface area (Å²) in [7, 11) is 0. The SMILES string of the molecule is O=C(NCCC1(F)CCC1)[C@H]1C[C@@H]1c1ccccc1. The molecule has 102 valence electrons. The molecule has 0 unspecified atom stereocenters. The first-order chi connectivity index (χ1) is 9.18. The van der Waals surface area contributed by atoms with Gasteiger partial charge in [0, 0.05) is 12.5 Å². The van der Waals surface area contributed by atoms with Crippen molar-refractivity contribution in [3.63, 3.8) is 0 Å². The Hall–Kier alpha value is -1.38. The van der Waals surface area contributed by atoms with E-state index in [1.807, 2.05) is 18.2 Å². The maximum absolute atomic E-state index is 13.8. The van der Waals surface area contributed by atoms with Crippen molar-refractivity contribution in [2.45, 2.75) is 43.7 Å². The fourth-order valence-electron chi connectivity index (χ4n) is 2.90. The highest BCUT2D eigenvalue weighted by Gasteiger charge is 2.44. The second-order valence-corrected chi connectivity index (χ2v) is 5.90. The molecule has 1 amide bonds. The van der Waals surface area contributed by atoms with E-state index in [4.69, 9.17) is 0 Å². The molecule has 0 spiro atoms. The molecule has 1 aromatic carbocycles. The van der Waals surface area contributed by atoms with Crippen LogP contribution in [0.5, 0.6) is 0 Å². The van der Waals surface area contributed by atoms with Gasteiger partial charge in [0.15, 0.2) is 0 Å². The molecule has 1 aromatic rings. The van der Waals surface area contributed by atoms with E-state index < -0.39 is 5.67 Å².